The number of rotatable bonds is 7. The van der Waals surface area contributed by atoms with E-state index >= 15 is 0 Å². The molecule has 6 heteroatoms. The third-order valence-corrected chi connectivity index (χ3v) is 6.22. The number of benzene rings is 3. The summed E-state index contributed by atoms with van der Waals surface area (Å²) in [6, 6.07) is 27.4. The Labute approximate surface area is 188 Å². The smallest absolute Gasteiger partial charge is 0.173 e. The molecule has 1 aromatic heterocycles. The molecule has 1 aliphatic rings. The first-order chi connectivity index (χ1) is 15.8. The van der Waals surface area contributed by atoms with E-state index in [2.05, 4.69) is 81.1 Å². The highest BCUT2D eigenvalue weighted by atomic mass is 16.5. The molecule has 3 aromatic carbocycles. The summed E-state index contributed by atoms with van der Waals surface area (Å²) in [5, 5.41) is 12.9. The Bertz CT molecular complexity index is 1160. The van der Waals surface area contributed by atoms with Crippen LogP contribution in [0.2, 0.25) is 0 Å². The van der Waals surface area contributed by atoms with Crippen LogP contribution in [0.5, 0.6) is 5.75 Å². The van der Waals surface area contributed by atoms with E-state index in [1.54, 1.807) is 7.11 Å². The van der Waals surface area contributed by atoms with Gasteiger partial charge in [-0.25, -0.2) is 4.68 Å². The highest BCUT2D eigenvalue weighted by Gasteiger charge is 2.30. The lowest BCUT2D eigenvalue weighted by Gasteiger charge is -2.35. The van der Waals surface area contributed by atoms with Crippen LogP contribution in [0.25, 0.3) is 0 Å². The summed E-state index contributed by atoms with van der Waals surface area (Å²) in [6.45, 7) is 2.57. The second-order valence-electron chi connectivity index (χ2n) is 8.16. The van der Waals surface area contributed by atoms with Gasteiger partial charge in [0.2, 0.25) is 0 Å². The van der Waals surface area contributed by atoms with Crippen LogP contribution >= 0.6 is 0 Å². The monoisotopic (exact) mass is 425 g/mol. The summed E-state index contributed by atoms with van der Waals surface area (Å²) in [4.78, 5) is 2.48. The molecule has 4 aromatic rings. The van der Waals surface area contributed by atoms with Gasteiger partial charge in [-0.1, -0.05) is 66.7 Å². The third-order valence-electron chi connectivity index (χ3n) is 6.22. The molecule has 162 valence electrons. The molecule has 1 atom stereocenters. The van der Waals surface area contributed by atoms with Crippen molar-refractivity contribution in [1.82, 2.24) is 25.1 Å². The van der Waals surface area contributed by atoms with Crippen molar-refractivity contribution in [1.29, 1.82) is 0 Å². The Morgan fingerprint density at radius 3 is 2.44 bits per heavy atom. The molecule has 0 N–H and O–H groups in total. The van der Waals surface area contributed by atoms with Crippen LogP contribution in [0.4, 0.5) is 0 Å². The predicted octanol–water partition coefficient (Wildman–Crippen LogP) is 4.07. The number of tetrazole rings is 1. The normalized spacial score (nSPS) is 14.7. The number of fused-ring (bicyclic) bond motifs is 1. The lowest BCUT2D eigenvalue weighted by atomic mass is 9.96. The van der Waals surface area contributed by atoms with Gasteiger partial charge >= 0.3 is 0 Å². The lowest BCUT2D eigenvalue weighted by Crippen LogP contribution is -2.36. The highest BCUT2D eigenvalue weighted by molar-refractivity contribution is 5.34. The molecule has 0 bridgehead atoms. The number of methoxy groups -OCH3 is 1. The SMILES string of the molecule is COc1ccc(C(c2nnnn2CCc2ccccc2)N2CCc3ccccc3C2)cc1. The van der Waals surface area contributed by atoms with Gasteiger partial charge in [0.1, 0.15) is 5.75 Å². The van der Waals surface area contributed by atoms with Crippen molar-refractivity contribution in [2.24, 2.45) is 0 Å². The van der Waals surface area contributed by atoms with Crippen LogP contribution in [0.1, 0.15) is 34.1 Å². The molecule has 32 heavy (non-hydrogen) atoms. The summed E-state index contributed by atoms with van der Waals surface area (Å²) in [5.74, 6) is 1.73. The van der Waals surface area contributed by atoms with Crippen molar-refractivity contribution < 1.29 is 4.74 Å². The fourth-order valence-corrected chi connectivity index (χ4v) is 4.49. The van der Waals surface area contributed by atoms with Crippen molar-refractivity contribution in [2.75, 3.05) is 13.7 Å². The van der Waals surface area contributed by atoms with E-state index in [-0.39, 0.29) is 6.04 Å². The molecular formula is C26H27N5O. The van der Waals surface area contributed by atoms with Gasteiger partial charge in [0.25, 0.3) is 0 Å². The molecule has 5 rings (SSSR count). The molecule has 0 amide bonds. The summed E-state index contributed by atoms with van der Waals surface area (Å²) in [6.07, 6.45) is 1.91. The first kappa shape index (κ1) is 20.4. The third kappa shape index (κ3) is 4.27. The van der Waals surface area contributed by atoms with E-state index in [1.165, 1.54) is 22.3 Å². The van der Waals surface area contributed by atoms with Crippen LogP contribution in [0.3, 0.4) is 0 Å². The molecule has 1 aliphatic heterocycles. The van der Waals surface area contributed by atoms with Crippen LogP contribution in [-0.4, -0.2) is 38.8 Å². The number of hydrogen-bond donors (Lipinski definition) is 0. The maximum absolute atomic E-state index is 5.38. The van der Waals surface area contributed by atoms with E-state index in [0.717, 1.165) is 44.0 Å². The Morgan fingerprint density at radius 2 is 1.66 bits per heavy atom. The van der Waals surface area contributed by atoms with Gasteiger partial charge in [0.15, 0.2) is 5.82 Å². The van der Waals surface area contributed by atoms with Crippen molar-refractivity contribution in [3.63, 3.8) is 0 Å². The highest BCUT2D eigenvalue weighted by Crippen LogP contribution is 2.32. The largest absolute Gasteiger partial charge is 0.497 e. The zero-order valence-electron chi connectivity index (χ0n) is 18.3. The van der Waals surface area contributed by atoms with Gasteiger partial charge in [-0.2, -0.15) is 0 Å². The molecule has 2 heterocycles. The first-order valence-corrected chi connectivity index (χ1v) is 11.1. The van der Waals surface area contributed by atoms with Crippen molar-refractivity contribution >= 4 is 0 Å². The van der Waals surface area contributed by atoms with E-state index in [4.69, 9.17) is 4.74 Å². The van der Waals surface area contributed by atoms with Gasteiger partial charge < -0.3 is 4.74 Å². The van der Waals surface area contributed by atoms with Crippen LogP contribution in [-0.2, 0) is 25.9 Å². The predicted molar refractivity (Wildman–Crippen MR) is 123 cm³/mol. The topological polar surface area (TPSA) is 56.1 Å². The van der Waals surface area contributed by atoms with Gasteiger partial charge in [-0.15, -0.1) is 5.10 Å². The van der Waals surface area contributed by atoms with Crippen molar-refractivity contribution in [3.05, 3.63) is 107 Å². The standard InChI is InChI=1S/C26H27N5O/c1-32-24-13-11-22(12-14-24)25(30-17-16-21-9-5-6-10-23(21)19-30)26-27-28-29-31(26)18-15-20-7-3-2-4-8-20/h2-14,25H,15-19H2,1H3. The van der Waals surface area contributed by atoms with E-state index in [0.29, 0.717) is 0 Å². The quantitative estimate of drug-likeness (QED) is 0.447. The summed E-state index contributed by atoms with van der Waals surface area (Å²) < 4.78 is 7.34. The molecular weight excluding hydrogens is 398 g/mol. The van der Waals surface area contributed by atoms with Gasteiger partial charge in [-0.3, -0.25) is 4.90 Å². The van der Waals surface area contributed by atoms with Crippen molar-refractivity contribution in [3.8, 4) is 5.75 Å². The molecule has 0 radical (unpaired) electrons. The van der Waals surface area contributed by atoms with E-state index < -0.39 is 0 Å². The number of hydrogen-bond acceptors (Lipinski definition) is 5. The van der Waals surface area contributed by atoms with Gasteiger partial charge in [0.05, 0.1) is 13.2 Å². The minimum atomic E-state index is -0.0277. The molecule has 0 saturated carbocycles. The number of aromatic nitrogens is 4. The number of ether oxygens (including phenoxy) is 1. The zero-order chi connectivity index (χ0) is 21.8. The van der Waals surface area contributed by atoms with Gasteiger partial charge in [0, 0.05) is 19.6 Å². The zero-order valence-corrected chi connectivity index (χ0v) is 18.3. The van der Waals surface area contributed by atoms with Crippen LogP contribution in [0.15, 0.2) is 78.9 Å². The summed E-state index contributed by atoms with van der Waals surface area (Å²) in [7, 11) is 1.69. The Hall–Kier alpha value is -3.51. The second kappa shape index (κ2) is 9.32. The summed E-state index contributed by atoms with van der Waals surface area (Å²) in [5.41, 5.74) is 5.25. The number of aryl methyl sites for hydroxylation is 2. The Kier molecular flexibility index (Phi) is 5.94. The average molecular weight is 426 g/mol. The lowest BCUT2D eigenvalue weighted by molar-refractivity contribution is 0.194. The van der Waals surface area contributed by atoms with E-state index in [1.807, 2.05) is 22.9 Å². The molecule has 0 aliphatic carbocycles. The Morgan fingerprint density at radius 1 is 0.906 bits per heavy atom. The molecule has 6 nitrogen and oxygen atoms in total. The fourth-order valence-electron chi connectivity index (χ4n) is 4.49. The average Bonchev–Trinajstić information content (AvgIpc) is 3.32. The van der Waals surface area contributed by atoms with Gasteiger partial charge in [-0.05, 0) is 57.7 Å². The van der Waals surface area contributed by atoms with Crippen molar-refractivity contribution in [2.45, 2.75) is 32.0 Å². The molecule has 0 spiro atoms. The van der Waals surface area contributed by atoms with Crippen LogP contribution in [0, 0.1) is 0 Å². The summed E-state index contributed by atoms with van der Waals surface area (Å²) >= 11 is 0. The maximum Gasteiger partial charge on any atom is 0.173 e. The minimum Gasteiger partial charge on any atom is -0.497 e. The maximum atomic E-state index is 5.38. The molecule has 0 saturated heterocycles. The fraction of sp³-hybridized carbons (Fsp3) is 0.269. The van der Waals surface area contributed by atoms with E-state index in [9.17, 15) is 0 Å². The molecule has 0 fully saturated rings. The molecule has 1 unspecified atom stereocenters. The number of nitrogens with zero attached hydrogens (tertiary/aromatic N) is 5. The first-order valence-electron chi connectivity index (χ1n) is 11.1. The van der Waals surface area contributed by atoms with Crippen LogP contribution < -0.4 is 4.74 Å². The minimum absolute atomic E-state index is 0.0277. The Balaban J connectivity index is 1.47. The second-order valence-corrected chi connectivity index (χ2v) is 8.16.